The zero-order chi connectivity index (χ0) is 22.9. The number of aryl methyl sites for hydroxylation is 3. The van der Waals surface area contributed by atoms with Gasteiger partial charge < -0.3 is 11.1 Å². The van der Waals surface area contributed by atoms with Crippen LogP contribution < -0.4 is 16.6 Å². The third-order valence-corrected chi connectivity index (χ3v) is 4.12. The third-order valence-electron chi connectivity index (χ3n) is 4.12. The highest BCUT2D eigenvalue weighted by Gasteiger charge is 2.20. The second kappa shape index (κ2) is 8.14. The van der Waals surface area contributed by atoms with Gasteiger partial charge in [0.2, 0.25) is 5.91 Å². The van der Waals surface area contributed by atoms with E-state index in [1.165, 1.54) is 4.68 Å². The van der Waals surface area contributed by atoms with Crippen molar-refractivity contribution in [2.45, 2.75) is 27.3 Å². The summed E-state index contributed by atoms with van der Waals surface area (Å²) in [6, 6.07) is 4.13. The second-order valence-corrected chi connectivity index (χ2v) is 6.75. The van der Waals surface area contributed by atoms with E-state index in [0.717, 1.165) is 16.8 Å². The second-order valence-electron chi connectivity index (χ2n) is 6.75. The highest BCUT2D eigenvalue weighted by molar-refractivity contribution is 5.93. The summed E-state index contributed by atoms with van der Waals surface area (Å²) in [5.41, 5.74) is 5.03. The van der Waals surface area contributed by atoms with E-state index in [1.807, 2.05) is 0 Å². The Labute approximate surface area is 174 Å². The molecule has 2 amide bonds. The van der Waals surface area contributed by atoms with Crippen molar-refractivity contribution in [3.63, 3.8) is 0 Å². The average molecular weight is 426 g/mol. The number of pyridine rings is 1. The van der Waals surface area contributed by atoms with E-state index in [2.05, 4.69) is 20.4 Å². The lowest BCUT2D eigenvalue weighted by Crippen LogP contribution is -2.33. The van der Waals surface area contributed by atoms with E-state index < -0.39 is 40.1 Å². The molecule has 0 spiro atoms. The van der Waals surface area contributed by atoms with Gasteiger partial charge in [-0.2, -0.15) is 9.78 Å². The van der Waals surface area contributed by atoms with Crippen molar-refractivity contribution in [2.75, 3.05) is 5.32 Å². The van der Waals surface area contributed by atoms with Crippen molar-refractivity contribution in [1.29, 1.82) is 0 Å². The summed E-state index contributed by atoms with van der Waals surface area (Å²) in [5.74, 6) is -1.35. The van der Waals surface area contributed by atoms with Crippen LogP contribution in [0.4, 0.5) is 11.5 Å². The fourth-order valence-electron chi connectivity index (χ4n) is 2.89. The molecule has 0 bridgehead atoms. The Morgan fingerprint density at radius 1 is 1.13 bits per heavy atom. The first-order valence-corrected chi connectivity index (χ1v) is 8.93. The maximum absolute atomic E-state index is 12.6. The van der Waals surface area contributed by atoms with E-state index in [-0.39, 0.29) is 11.8 Å². The molecular weight excluding hydrogens is 408 g/mol. The number of nitrogens with one attached hydrogen (secondary N) is 1. The van der Waals surface area contributed by atoms with Crippen molar-refractivity contribution in [3.8, 4) is 5.95 Å². The van der Waals surface area contributed by atoms with Gasteiger partial charge in [-0.25, -0.2) is 9.97 Å². The predicted octanol–water partition coefficient (Wildman–Crippen LogP) is 0.395. The van der Waals surface area contributed by atoms with Crippen LogP contribution in [0.3, 0.4) is 0 Å². The van der Waals surface area contributed by atoms with Crippen LogP contribution in [0, 0.1) is 30.9 Å². The molecule has 3 rings (SSSR count). The average Bonchev–Trinajstić information content (AvgIpc) is 3.02. The minimum atomic E-state index is -1.14. The molecule has 0 radical (unpaired) electrons. The minimum absolute atomic E-state index is 0.237. The number of amides is 2. The van der Waals surface area contributed by atoms with Crippen LogP contribution >= 0.6 is 0 Å². The molecule has 0 aromatic carbocycles. The maximum Gasteiger partial charge on any atom is 0.286 e. The summed E-state index contributed by atoms with van der Waals surface area (Å²) in [5, 5.41) is 17.9. The van der Waals surface area contributed by atoms with E-state index in [4.69, 9.17) is 5.73 Å². The number of anilines is 1. The van der Waals surface area contributed by atoms with E-state index >= 15 is 0 Å². The van der Waals surface area contributed by atoms with E-state index in [1.54, 1.807) is 32.9 Å². The third kappa shape index (κ3) is 4.60. The molecule has 13 heteroatoms. The van der Waals surface area contributed by atoms with Gasteiger partial charge in [-0.15, -0.1) is 0 Å². The van der Waals surface area contributed by atoms with Crippen LogP contribution in [0.1, 0.15) is 27.4 Å². The summed E-state index contributed by atoms with van der Waals surface area (Å²) >= 11 is 0. The molecule has 160 valence electrons. The molecule has 3 heterocycles. The van der Waals surface area contributed by atoms with Crippen LogP contribution in [0.2, 0.25) is 0 Å². The zero-order valence-electron chi connectivity index (χ0n) is 16.8. The standard InChI is InChI=1S/C18H18N8O5/c1-9-4-10(2)21-18(20-9)25-14(5-11(3)23-25)22-15(27)8-24-7-12(26(30)31)6-13(16(19)28)17(24)29/h4-7H,8H2,1-3H3,(H2,19,28)(H,22,27). The molecule has 31 heavy (non-hydrogen) atoms. The summed E-state index contributed by atoms with van der Waals surface area (Å²) in [6.45, 7) is 4.69. The molecule has 3 N–H and O–H groups in total. The monoisotopic (exact) mass is 426 g/mol. The molecule has 3 aromatic heterocycles. The SMILES string of the molecule is Cc1cc(C)nc(-n2nc(C)cc2NC(=O)Cn2cc([N+](=O)[O-])cc(C(N)=O)c2=O)n1. The molecule has 0 unspecified atom stereocenters. The number of nitrogens with two attached hydrogens (primary N) is 1. The van der Waals surface area contributed by atoms with Crippen molar-refractivity contribution < 1.29 is 14.5 Å². The Hall–Kier alpha value is -4.42. The summed E-state index contributed by atoms with van der Waals surface area (Å²) in [7, 11) is 0. The molecule has 3 aromatic rings. The summed E-state index contributed by atoms with van der Waals surface area (Å²) in [4.78, 5) is 55.3. The first kappa shape index (κ1) is 21.3. The lowest BCUT2D eigenvalue weighted by Gasteiger charge is -2.10. The van der Waals surface area contributed by atoms with Crippen molar-refractivity contribution in [2.24, 2.45) is 5.73 Å². The van der Waals surface area contributed by atoms with Crippen LogP contribution in [0.5, 0.6) is 0 Å². The number of carbonyl (C=O) groups is 2. The highest BCUT2D eigenvalue weighted by atomic mass is 16.6. The Bertz CT molecular complexity index is 1260. The van der Waals surface area contributed by atoms with Gasteiger partial charge >= 0.3 is 0 Å². The normalized spacial score (nSPS) is 10.7. The molecular formula is C18H18N8O5. The molecule has 0 aliphatic heterocycles. The number of nitrogens with zero attached hydrogens (tertiary/aromatic N) is 6. The quantitative estimate of drug-likeness (QED) is 0.419. The Morgan fingerprint density at radius 3 is 2.35 bits per heavy atom. The summed E-state index contributed by atoms with van der Waals surface area (Å²) in [6.07, 6.45) is 0.865. The number of carbonyl (C=O) groups excluding carboxylic acids is 2. The van der Waals surface area contributed by atoms with Crippen LogP contribution in [-0.2, 0) is 11.3 Å². The first-order chi connectivity index (χ1) is 14.5. The molecule has 0 aliphatic rings. The smallest absolute Gasteiger partial charge is 0.286 e. The molecule has 13 nitrogen and oxygen atoms in total. The molecule has 0 atom stereocenters. The van der Waals surface area contributed by atoms with Gasteiger partial charge in [-0.05, 0) is 26.8 Å². The van der Waals surface area contributed by atoms with Gasteiger partial charge in [0.25, 0.3) is 23.1 Å². The Balaban J connectivity index is 1.93. The number of primary amides is 1. The number of nitro groups is 1. The number of hydrogen-bond donors (Lipinski definition) is 2. The van der Waals surface area contributed by atoms with Gasteiger partial charge in [0.15, 0.2) is 0 Å². The first-order valence-electron chi connectivity index (χ1n) is 8.93. The molecule has 0 saturated carbocycles. The fraction of sp³-hybridized carbons (Fsp3) is 0.222. The van der Waals surface area contributed by atoms with Gasteiger partial charge in [-0.3, -0.25) is 29.1 Å². The van der Waals surface area contributed by atoms with Crippen molar-refractivity contribution >= 4 is 23.3 Å². The van der Waals surface area contributed by atoms with Gasteiger partial charge in [0.05, 0.1) is 16.8 Å². The van der Waals surface area contributed by atoms with Gasteiger partial charge in [-0.1, -0.05) is 0 Å². The van der Waals surface area contributed by atoms with E-state index in [9.17, 15) is 24.5 Å². The van der Waals surface area contributed by atoms with Crippen LogP contribution in [-0.4, -0.2) is 41.1 Å². The lowest BCUT2D eigenvalue weighted by atomic mass is 10.2. The van der Waals surface area contributed by atoms with Crippen molar-refractivity contribution in [3.05, 3.63) is 67.5 Å². The predicted molar refractivity (Wildman–Crippen MR) is 108 cm³/mol. The number of aromatic nitrogens is 5. The maximum atomic E-state index is 12.6. The molecule has 0 saturated heterocycles. The van der Waals surface area contributed by atoms with Crippen molar-refractivity contribution in [1.82, 2.24) is 24.3 Å². The largest absolute Gasteiger partial charge is 0.365 e. The molecule has 0 fully saturated rings. The Kier molecular flexibility index (Phi) is 5.59. The summed E-state index contributed by atoms with van der Waals surface area (Å²) < 4.78 is 2.08. The highest BCUT2D eigenvalue weighted by Crippen LogP contribution is 2.16. The number of hydrogen-bond acceptors (Lipinski definition) is 8. The Morgan fingerprint density at radius 2 is 1.77 bits per heavy atom. The van der Waals surface area contributed by atoms with E-state index in [0.29, 0.717) is 17.1 Å². The molecule has 0 aliphatic carbocycles. The number of rotatable bonds is 6. The lowest BCUT2D eigenvalue weighted by molar-refractivity contribution is -0.385. The fourth-order valence-corrected chi connectivity index (χ4v) is 2.89. The van der Waals surface area contributed by atoms with Crippen LogP contribution in [0.15, 0.2) is 29.2 Å². The van der Waals surface area contributed by atoms with Gasteiger partial charge in [0.1, 0.15) is 17.9 Å². The van der Waals surface area contributed by atoms with Crippen LogP contribution in [0.25, 0.3) is 5.95 Å². The minimum Gasteiger partial charge on any atom is -0.365 e. The topological polar surface area (TPSA) is 181 Å². The van der Waals surface area contributed by atoms with Gasteiger partial charge in [0, 0.05) is 23.5 Å². The zero-order valence-corrected chi connectivity index (χ0v) is 16.8.